The SMILES string of the molecule is C#CNC(=O)Oc1ccc(SC)cc1. The van der Waals surface area contributed by atoms with Gasteiger partial charge in [-0.25, -0.2) is 10.1 Å². The third-order valence-electron chi connectivity index (χ3n) is 1.44. The summed E-state index contributed by atoms with van der Waals surface area (Å²) in [5.41, 5.74) is 0. The Hall–Kier alpha value is -1.60. The summed E-state index contributed by atoms with van der Waals surface area (Å²) in [6.45, 7) is 0. The van der Waals surface area contributed by atoms with Crippen molar-refractivity contribution in [2.75, 3.05) is 6.26 Å². The molecule has 0 aliphatic carbocycles. The summed E-state index contributed by atoms with van der Waals surface area (Å²) in [4.78, 5) is 12.0. The highest BCUT2D eigenvalue weighted by atomic mass is 32.2. The van der Waals surface area contributed by atoms with Crippen LogP contribution in [0.2, 0.25) is 0 Å². The van der Waals surface area contributed by atoms with Gasteiger partial charge < -0.3 is 4.74 Å². The zero-order valence-electron chi connectivity index (χ0n) is 7.61. The molecule has 14 heavy (non-hydrogen) atoms. The second kappa shape index (κ2) is 5.20. The number of carbonyl (C=O) groups excluding carboxylic acids is 1. The number of amides is 1. The standard InChI is InChI=1S/C10H9NO2S/c1-3-11-10(12)13-8-4-6-9(14-2)7-5-8/h1,4-7H,2H3,(H,11,12). The fraction of sp³-hybridized carbons (Fsp3) is 0.100. The number of hydrogen-bond donors (Lipinski definition) is 1. The van der Waals surface area contributed by atoms with Crippen molar-refractivity contribution in [1.29, 1.82) is 0 Å². The predicted octanol–water partition coefficient (Wildman–Crippen LogP) is 2.09. The Kier molecular flexibility index (Phi) is 3.89. The Labute approximate surface area is 86.8 Å². The lowest BCUT2D eigenvalue weighted by molar-refractivity contribution is 0.205. The molecule has 0 fully saturated rings. The average Bonchev–Trinajstić information content (AvgIpc) is 2.19. The molecule has 1 aromatic rings. The van der Waals surface area contributed by atoms with Crippen molar-refractivity contribution < 1.29 is 9.53 Å². The Morgan fingerprint density at radius 1 is 1.50 bits per heavy atom. The number of thioether (sulfide) groups is 1. The van der Waals surface area contributed by atoms with Crippen LogP contribution in [0.3, 0.4) is 0 Å². The van der Waals surface area contributed by atoms with Gasteiger partial charge in [-0.3, -0.25) is 0 Å². The molecule has 4 heteroatoms. The first-order valence-corrected chi connectivity index (χ1v) is 5.06. The Morgan fingerprint density at radius 3 is 2.64 bits per heavy atom. The molecular formula is C10H9NO2S. The van der Waals surface area contributed by atoms with Crippen LogP contribution in [0.25, 0.3) is 0 Å². The van der Waals surface area contributed by atoms with Gasteiger partial charge in [-0.2, -0.15) is 0 Å². The minimum Gasteiger partial charge on any atom is -0.410 e. The van der Waals surface area contributed by atoms with Crippen molar-refractivity contribution >= 4 is 17.9 Å². The zero-order chi connectivity index (χ0) is 10.4. The topological polar surface area (TPSA) is 38.3 Å². The Morgan fingerprint density at radius 2 is 2.14 bits per heavy atom. The molecule has 0 atom stereocenters. The summed E-state index contributed by atoms with van der Waals surface area (Å²) < 4.78 is 4.85. The first kappa shape index (κ1) is 10.5. The summed E-state index contributed by atoms with van der Waals surface area (Å²) in [7, 11) is 0. The highest BCUT2D eigenvalue weighted by Gasteiger charge is 2.01. The van der Waals surface area contributed by atoms with Gasteiger partial charge in [0.1, 0.15) is 5.75 Å². The predicted molar refractivity (Wildman–Crippen MR) is 56.2 cm³/mol. The summed E-state index contributed by atoms with van der Waals surface area (Å²) in [6.07, 6.45) is 6.19. The molecule has 0 spiro atoms. The van der Waals surface area contributed by atoms with Gasteiger partial charge in [0.15, 0.2) is 0 Å². The van der Waals surface area contributed by atoms with Gasteiger partial charge in [0.25, 0.3) is 0 Å². The molecule has 0 bridgehead atoms. The lowest BCUT2D eigenvalue weighted by Gasteiger charge is -2.02. The fourth-order valence-electron chi connectivity index (χ4n) is 0.835. The van der Waals surface area contributed by atoms with E-state index in [1.54, 1.807) is 23.9 Å². The number of terminal acetylenes is 1. The van der Waals surface area contributed by atoms with Gasteiger partial charge >= 0.3 is 6.09 Å². The molecule has 1 N–H and O–H groups in total. The summed E-state index contributed by atoms with van der Waals surface area (Å²) in [6, 6.07) is 9.13. The average molecular weight is 207 g/mol. The highest BCUT2D eigenvalue weighted by molar-refractivity contribution is 7.98. The summed E-state index contributed by atoms with van der Waals surface area (Å²) in [5, 5.41) is 2.08. The minimum absolute atomic E-state index is 0.468. The van der Waals surface area contributed by atoms with Crippen LogP contribution in [0.4, 0.5) is 4.79 Å². The third-order valence-corrected chi connectivity index (χ3v) is 2.19. The quantitative estimate of drug-likeness (QED) is 0.458. The molecule has 0 aliphatic heterocycles. The zero-order valence-corrected chi connectivity index (χ0v) is 8.43. The highest BCUT2D eigenvalue weighted by Crippen LogP contribution is 2.18. The molecule has 3 nitrogen and oxygen atoms in total. The van der Waals surface area contributed by atoms with E-state index in [0.29, 0.717) is 5.75 Å². The molecule has 0 unspecified atom stereocenters. The molecule has 0 saturated carbocycles. The van der Waals surface area contributed by atoms with Crippen LogP contribution in [0.1, 0.15) is 0 Å². The van der Waals surface area contributed by atoms with E-state index in [2.05, 4.69) is 5.32 Å². The molecule has 1 amide bonds. The molecule has 0 heterocycles. The lowest BCUT2D eigenvalue weighted by atomic mass is 10.3. The van der Waals surface area contributed by atoms with Crippen LogP contribution in [0, 0.1) is 12.5 Å². The monoisotopic (exact) mass is 207 g/mol. The first-order chi connectivity index (χ1) is 6.76. The van der Waals surface area contributed by atoms with Gasteiger partial charge in [0, 0.05) is 10.9 Å². The normalized spacial score (nSPS) is 8.86. The molecule has 0 aliphatic rings. The van der Waals surface area contributed by atoms with Crippen LogP contribution in [-0.4, -0.2) is 12.3 Å². The van der Waals surface area contributed by atoms with Crippen molar-refractivity contribution in [3.63, 3.8) is 0 Å². The number of benzene rings is 1. The third kappa shape index (κ3) is 3.04. The van der Waals surface area contributed by atoms with E-state index in [9.17, 15) is 4.79 Å². The largest absolute Gasteiger partial charge is 0.424 e. The van der Waals surface area contributed by atoms with Gasteiger partial charge in [0.2, 0.25) is 0 Å². The van der Waals surface area contributed by atoms with E-state index in [-0.39, 0.29) is 0 Å². The van der Waals surface area contributed by atoms with Crippen LogP contribution in [-0.2, 0) is 0 Å². The van der Waals surface area contributed by atoms with E-state index in [4.69, 9.17) is 11.2 Å². The molecule has 1 aromatic carbocycles. The molecular weight excluding hydrogens is 198 g/mol. The number of nitrogens with one attached hydrogen (secondary N) is 1. The second-order valence-electron chi connectivity index (χ2n) is 2.33. The van der Waals surface area contributed by atoms with Gasteiger partial charge in [0.05, 0.1) is 0 Å². The van der Waals surface area contributed by atoms with Gasteiger partial charge in [-0.05, 0) is 30.5 Å². The Balaban J connectivity index is 2.60. The Bertz CT molecular complexity index is 353. The van der Waals surface area contributed by atoms with Crippen molar-refractivity contribution in [2.24, 2.45) is 0 Å². The van der Waals surface area contributed by atoms with Crippen LogP contribution >= 0.6 is 11.8 Å². The number of ether oxygens (including phenoxy) is 1. The van der Waals surface area contributed by atoms with E-state index in [1.807, 2.05) is 24.4 Å². The molecule has 72 valence electrons. The fourth-order valence-corrected chi connectivity index (χ4v) is 1.24. The molecule has 1 rings (SSSR count). The number of hydrogen-bond acceptors (Lipinski definition) is 3. The number of carbonyl (C=O) groups is 1. The summed E-state index contributed by atoms with van der Waals surface area (Å²) >= 11 is 1.62. The molecule has 0 aromatic heterocycles. The van der Waals surface area contributed by atoms with Crippen LogP contribution in [0.15, 0.2) is 29.2 Å². The van der Waals surface area contributed by atoms with Crippen molar-refractivity contribution in [3.8, 4) is 18.2 Å². The van der Waals surface area contributed by atoms with Gasteiger partial charge in [-0.1, -0.05) is 6.42 Å². The molecule has 0 saturated heterocycles. The first-order valence-electron chi connectivity index (χ1n) is 3.83. The second-order valence-corrected chi connectivity index (χ2v) is 3.21. The van der Waals surface area contributed by atoms with Crippen LogP contribution < -0.4 is 10.1 Å². The lowest BCUT2D eigenvalue weighted by Crippen LogP contribution is -2.21. The van der Waals surface area contributed by atoms with E-state index < -0.39 is 6.09 Å². The van der Waals surface area contributed by atoms with Crippen molar-refractivity contribution in [1.82, 2.24) is 5.32 Å². The maximum atomic E-state index is 10.9. The van der Waals surface area contributed by atoms with E-state index in [0.717, 1.165) is 4.90 Å². The van der Waals surface area contributed by atoms with Crippen molar-refractivity contribution in [2.45, 2.75) is 4.90 Å². The van der Waals surface area contributed by atoms with Crippen molar-refractivity contribution in [3.05, 3.63) is 24.3 Å². The molecule has 0 radical (unpaired) electrons. The van der Waals surface area contributed by atoms with Gasteiger partial charge in [-0.15, -0.1) is 11.8 Å². The minimum atomic E-state index is -0.649. The number of rotatable bonds is 2. The van der Waals surface area contributed by atoms with E-state index in [1.165, 1.54) is 0 Å². The maximum absolute atomic E-state index is 10.9. The van der Waals surface area contributed by atoms with Crippen LogP contribution in [0.5, 0.6) is 5.75 Å². The maximum Gasteiger partial charge on any atom is 0.424 e. The van der Waals surface area contributed by atoms with E-state index >= 15 is 0 Å². The summed E-state index contributed by atoms with van der Waals surface area (Å²) in [5.74, 6) is 0.468. The smallest absolute Gasteiger partial charge is 0.410 e.